The van der Waals surface area contributed by atoms with Crippen LogP contribution in [0.2, 0.25) is 0 Å². The first-order valence-electron chi connectivity index (χ1n) is 7.18. The normalized spacial score (nSPS) is 12.4. The third-order valence-electron chi connectivity index (χ3n) is 3.35. The van der Waals surface area contributed by atoms with Crippen molar-refractivity contribution in [3.63, 3.8) is 0 Å². The molecule has 0 aliphatic rings. The van der Waals surface area contributed by atoms with Crippen LogP contribution in [0.25, 0.3) is 0 Å². The molecule has 1 rings (SSSR count). The molecule has 0 aliphatic carbocycles. The standard InChI is InChI=1S/C16H25NO3/c1-4-17(14(3)12-16(18)19)9-6-10-20-15-8-5-7-13(2)11-15/h5,7-8,11,14H,4,6,9-10,12H2,1-3H3,(H,18,19). The van der Waals surface area contributed by atoms with Gasteiger partial charge in [0.2, 0.25) is 0 Å². The Hall–Kier alpha value is -1.55. The fraction of sp³-hybridized carbons (Fsp3) is 0.562. The summed E-state index contributed by atoms with van der Waals surface area (Å²) in [7, 11) is 0. The number of hydrogen-bond donors (Lipinski definition) is 1. The van der Waals surface area contributed by atoms with Crippen molar-refractivity contribution in [2.75, 3.05) is 19.7 Å². The van der Waals surface area contributed by atoms with Crippen molar-refractivity contribution in [2.24, 2.45) is 0 Å². The number of ether oxygens (including phenoxy) is 1. The summed E-state index contributed by atoms with van der Waals surface area (Å²) < 4.78 is 5.70. The molecule has 0 fully saturated rings. The molecule has 0 heterocycles. The summed E-state index contributed by atoms with van der Waals surface area (Å²) in [5.41, 5.74) is 1.19. The summed E-state index contributed by atoms with van der Waals surface area (Å²) in [6, 6.07) is 8.07. The quantitative estimate of drug-likeness (QED) is 0.706. The van der Waals surface area contributed by atoms with Gasteiger partial charge in [0.05, 0.1) is 13.0 Å². The third-order valence-corrected chi connectivity index (χ3v) is 3.35. The average molecular weight is 279 g/mol. The number of rotatable bonds is 9. The predicted molar refractivity (Wildman–Crippen MR) is 80.3 cm³/mol. The minimum atomic E-state index is -0.744. The van der Waals surface area contributed by atoms with Gasteiger partial charge in [0.25, 0.3) is 0 Å². The molecule has 4 heteroatoms. The van der Waals surface area contributed by atoms with Gasteiger partial charge in [0, 0.05) is 12.6 Å². The molecule has 0 radical (unpaired) electrons. The summed E-state index contributed by atoms with van der Waals surface area (Å²) in [5, 5.41) is 8.82. The van der Waals surface area contributed by atoms with E-state index in [0.29, 0.717) is 6.61 Å². The Morgan fingerprint density at radius 3 is 2.80 bits per heavy atom. The van der Waals surface area contributed by atoms with Crippen LogP contribution in [-0.4, -0.2) is 41.7 Å². The zero-order valence-corrected chi connectivity index (χ0v) is 12.6. The van der Waals surface area contributed by atoms with E-state index in [-0.39, 0.29) is 12.5 Å². The summed E-state index contributed by atoms with van der Waals surface area (Å²) in [6.07, 6.45) is 1.08. The lowest BCUT2D eigenvalue weighted by Gasteiger charge is -2.26. The summed E-state index contributed by atoms with van der Waals surface area (Å²) in [5.74, 6) is 0.151. The Morgan fingerprint density at radius 1 is 1.45 bits per heavy atom. The largest absolute Gasteiger partial charge is 0.494 e. The molecule has 1 unspecified atom stereocenters. The van der Waals surface area contributed by atoms with Crippen molar-refractivity contribution in [3.8, 4) is 5.75 Å². The first-order valence-corrected chi connectivity index (χ1v) is 7.18. The monoisotopic (exact) mass is 279 g/mol. The minimum absolute atomic E-state index is 0.0662. The van der Waals surface area contributed by atoms with Gasteiger partial charge in [-0.1, -0.05) is 19.1 Å². The van der Waals surface area contributed by atoms with E-state index in [1.165, 1.54) is 5.56 Å². The predicted octanol–water partition coefficient (Wildman–Crippen LogP) is 2.95. The molecule has 0 saturated heterocycles. The number of nitrogens with zero attached hydrogens (tertiary/aromatic N) is 1. The molecular formula is C16H25NO3. The van der Waals surface area contributed by atoms with Crippen LogP contribution in [0.3, 0.4) is 0 Å². The van der Waals surface area contributed by atoms with Gasteiger partial charge in [-0.25, -0.2) is 0 Å². The van der Waals surface area contributed by atoms with E-state index >= 15 is 0 Å². The highest BCUT2D eigenvalue weighted by molar-refractivity contribution is 5.67. The van der Waals surface area contributed by atoms with Crippen LogP contribution in [-0.2, 0) is 4.79 Å². The number of carbonyl (C=O) groups is 1. The van der Waals surface area contributed by atoms with Crippen molar-refractivity contribution in [3.05, 3.63) is 29.8 Å². The SMILES string of the molecule is CCN(CCCOc1cccc(C)c1)C(C)CC(=O)O. The van der Waals surface area contributed by atoms with E-state index in [0.717, 1.165) is 25.3 Å². The highest BCUT2D eigenvalue weighted by atomic mass is 16.5. The number of aryl methyl sites for hydroxylation is 1. The van der Waals surface area contributed by atoms with Crippen molar-refractivity contribution in [2.45, 2.75) is 39.7 Å². The fourth-order valence-electron chi connectivity index (χ4n) is 2.23. The highest BCUT2D eigenvalue weighted by Gasteiger charge is 2.14. The van der Waals surface area contributed by atoms with E-state index in [9.17, 15) is 4.79 Å². The molecular weight excluding hydrogens is 254 g/mol. The Morgan fingerprint density at radius 2 is 2.20 bits per heavy atom. The van der Waals surface area contributed by atoms with Gasteiger partial charge < -0.3 is 14.7 Å². The van der Waals surface area contributed by atoms with Crippen molar-refractivity contribution >= 4 is 5.97 Å². The maximum Gasteiger partial charge on any atom is 0.304 e. The second kappa shape index (κ2) is 8.59. The van der Waals surface area contributed by atoms with Gasteiger partial charge in [0.15, 0.2) is 0 Å². The number of carboxylic acid groups (broad SMARTS) is 1. The number of carboxylic acids is 1. The molecule has 0 aromatic heterocycles. The summed E-state index contributed by atoms with van der Waals surface area (Å²) in [4.78, 5) is 12.9. The molecule has 1 N–H and O–H groups in total. The number of aliphatic carboxylic acids is 1. The van der Waals surface area contributed by atoms with Gasteiger partial charge in [0.1, 0.15) is 5.75 Å². The first-order chi connectivity index (χ1) is 9.52. The molecule has 20 heavy (non-hydrogen) atoms. The molecule has 4 nitrogen and oxygen atoms in total. The Bertz CT molecular complexity index is 420. The van der Waals surface area contributed by atoms with Crippen LogP contribution in [0.1, 0.15) is 32.3 Å². The highest BCUT2D eigenvalue weighted by Crippen LogP contribution is 2.12. The van der Waals surface area contributed by atoms with Crippen molar-refractivity contribution < 1.29 is 14.6 Å². The van der Waals surface area contributed by atoms with Crippen LogP contribution < -0.4 is 4.74 Å². The van der Waals surface area contributed by atoms with Crippen LogP contribution in [0.5, 0.6) is 5.75 Å². The zero-order valence-electron chi connectivity index (χ0n) is 12.6. The van der Waals surface area contributed by atoms with Gasteiger partial charge in [-0.05, 0) is 44.5 Å². The fourth-order valence-corrected chi connectivity index (χ4v) is 2.23. The second-order valence-corrected chi connectivity index (χ2v) is 5.09. The summed E-state index contributed by atoms with van der Waals surface area (Å²) in [6.45, 7) is 8.42. The van der Waals surface area contributed by atoms with Crippen LogP contribution in [0.4, 0.5) is 0 Å². The van der Waals surface area contributed by atoms with E-state index in [1.807, 2.05) is 38.1 Å². The lowest BCUT2D eigenvalue weighted by atomic mass is 10.2. The van der Waals surface area contributed by atoms with Gasteiger partial charge >= 0.3 is 5.97 Å². The zero-order chi connectivity index (χ0) is 15.0. The maximum absolute atomic E-state index is 10.7. The van der Waals surface area contributed by atoms with Gasteiger partial charge in [-0.15, -0.1) is 0 Å². The lowest BCUT2D eigenvalue weighted by Crippen LogP contribution is -2.35. The van der Waals surface area contributed by atoms with Crippen LogP contribution in [0, 0.1) is 6.92 Å². The van der Waals surface area contributed by atoms with Crippen LogP contribution in [0.15, 0.2) is 24.3 Å². The number of hydrogen-bond acceptors (Lipinski definition) is 3. The van der Waals surface area contributed by atoms with E-state index < -0.39 is 5.97 Å². The summed E-state index contributed by atoms with van der Waals surface area (Å²) >= 11 is 0. The first kappa shape index (κ1) is 16.5. The molecule has 0 amide bonds. The lowest BCUT2D eigenvalue weighted by molar-refractivity contribution is -0.138. The Labute approximate surface area is 121 Å². The molecule has 0 aliphatic heterocycles. The van der Waals surface area contributed by atoms with Gasteiger partial charge in [-0.2, -0.15) is 0 Å². The van der Waals surface area contributed by atoms with Crippen molar-refractivity contribution in [1.82, 2.24) is 4.90 Å². The van der Waals surface area contributed by atoms with Crippen LogP contribution >= 0.6 is 0 Å². The molecule has 0 spiro atoms. The molecule has 1 aromatic rings. The molecule has 1 aromatic carbocycles. The topological polar surface area (TPSA) is 49.8 Å². The molecule has 0 saturated carbocycles. The molecule has 1 atom stereocenters. The van der Waals surface area contributed by atoms with E-state index in [2.05, 4.69) is 11.8 Å². The second-order valence-electron chi connectivity index (χ2n) is 5.09. The van der Waals surface area contributed by atoms with E-state index in [4.69, 9.17) is 9.84 Å². The van der Waals surface area contributed by atoms with Gasteiger partial charge in [-0.3, -0.25) is 4.79 Å². The Kier molecular flexibility index (Phi) is 7.09. The third kappa shape index (κ3) is 6.06. The average Bonchev–Trinajstić information content (AvgIpc) is 2.38. The minimum Gasteiger partial charge on any atom is -0.494 e. The van der Waals surface area contributed by atoms with E-state index in [1.54, 1.807) is 0 Å². The van der Waals surface area contributed by atoms with Crippen molar-refractivity contribution in [1.29, 1.82) is 0 Å². The molecule has 0 bridgehead atoms. The maximum atomic E-state index is 10.7. The molecule has 112 valence electrons. The number of benzene rings is 1. The Balaban J connectivity index is 2.29. The smallest absolute Gasteiger partial charge is 0.304 e.